The zero-order valence-electron chi connectivity index (χ0n) is 10.9. The van der Waals surface area contributed by atoms with E-state index in [2.05, 4.69) is 13.8 Å². The fourth-order valence-corrected chi connectivity index (χ4v) is 3.36. The Balaban J connectivity index is 1.92. The first-order valence-corrected chi connectivity index (χ1v) is 7.01. The van der Waals surface area contributed by atoms with E-state index in [1.54, 1.807) is 0 Å². The molecule has 1 heterocycles. The Kier molecular flexibility index (Phi) is 3.91. The van der Waals surface area contributed by atoms with Crippen molar-refractivity contribution in [1.82, 2.24) is 0 Å². The van der Waals surface area contributed by atoms with Crippen LogP contribution in [0, 0.1) is 11.8 Å². The summed E-state index contributed by atoms with van der Waals surface area (Å²) in [5.41, 5.74) is 6.44. The molecule has 2 fully saturated rings. The van der Waals surface area contributed by atoms with E-state index >= 15 is 0 Å². The predicted molar refractivity (Wildman–Crippen MR) is 67.3 cm³/mol. The van der Waals surface area contributed by atoms with Crippen molar-refractivity contribution in [3.05, 3.63) is 0 Å². The zero-order chi connectivity index (χ0) is 11.6. The highest BCUT2D eigenvalue weighted by molar-refractivity contribution is 4.94. The van der Waals surface area contributed by atoms with E-state index in [0.29, 0.717) is 5.92 Å². The Hall–Kier alpha value is -0.0800. The SMILES string of the molecule is CC1CCC(C(N)C2(C)CCCCO2)CC1. The molecule has 2 atom stereocenters. The van der Waals surface area contributed by atoms with Gasteiger partial charge in [0.1, 0.15) is 0 Å². The van der Waals surface area contributed by atoms with Gasteiger partial charge >= 0.3 is 0 Å². The summed E-state index contributed by atoms with van der Waals surface area (Å²) in [4.78, 5) is 0. The van der Waals surface area contributed by atoms with Crippen molar-refractivity contribution in [2.24, 2.45) is 17.6 Å². The van der Waals surface area contributed by atoms with E-state index in [0.717, 1.165) is 18.9 Å². The van der Waals surface area contributed by atoms with Crippen LogP contribution in [0.15, 0.2) is 0 Å². The molecule has 2 heteroatoms. The van der Waals surface area contributed by atoms with Gasteiger partial charge in [0.25, 0.3) is 0 Å². The lowest BCUT2D eigenvalue weighted by atomic mass is 9.73. The zero-order valence-corrected chi connectivity index (χ0v) is 10.9. The fourth-order valence-electron chi connectivity index (χ4n) is 3.36. The Morgan fingerprint density at radius 1 is 1.19 bits per heavy atom. The number of nitrogens with two attached hydrogens (primary N) is 1. The summed E-state index contributed by atoms with van der Waals surface area (Å²) < 4.78 is 5.98. The Bertz CT molecular complexity index is 215. The van der Waals surface area contributed by atoms with Crippen LogP contribution in [0.3, 0.4) is 0 Å². The summed E-state index contributed by atoms with van der Waals surface area (Å²) in [5, 5.41) is 0. The maximum absolute atomic E-state index is 6.48. The van der Waals surface area contributed by atoms with Crippen molar-refractivity contribution in [3.63, 3.8) is 0 Å². The molecule has 1 saturated carbocycles. The standard InChI is InChI=1S/C14H27NO/c1-11-5-7-12(8-6-11)13(15)14(2)9-3-4-10-16-14/h11-13H,3-10,15H2,1-2H3. The summed E-state index contributed by atoms with van der Waals surface area (Å²) in [5.74, 6) is 1.60. The molecule has 2 unspecified atom stereocenters. The number of rotatable bonds is 2. The number of ether oxygens (including phenoxy) is 1. The van der Waals surface area contributed by atoms with Gasteiger partial charge in [0.05, 0.1) is 5.60 Å². The van der Waals surface area contributed by atoms with Crippen LogP contribution in [0.2, 0.25) is 0 Å². The minimum absolute atomic E-state index is 0.0382. The van der Waals surface area contributed by atoms with Crippen molar-refractivity contribution < 1.29 is 4.74 Å². The maximum atomic E-state index is 6.48. The second-order valence-corrected chi connectivity index (χ2v) is 6.16. The summed E-state index contributed by atoms with van der Waals surface area (Å²) in [6.45, 7) is 5.50. The highest BCUT2D eigenvalue weighted by Gasteiger charge is 2.39. The Morgan fingerprint density at radius 3 is 2.44 bits per heavy atom. The molecule has 0 radical (unpaired) electrons. The van der Waals surface area contributed by atoms with E-state index in [-0.39, 0.29) is 11.6 Å². The van der Waals surface area contributed by atoms with Gasteiger partial charge in [-0.05, 0) is 50.9 Å². The molecule has 0 amide bonds. The third kappa shape index (κ3) is 2.60. The topological polar surface area (TPSA) is 35.2 Å². The van der Waals surface area contributed by atoms with Crippen molar-refractivity contribution in [1.29, 1.82) is 0 Å². The van der Waals surface area contributed by atoms with Gasteiger partial charge < -0.3 is 10.5 Å². The quantitative estimate of drug-likeness (QED) is 0.783. The summed E-state index contributed by atoms with van der Waals surface area (Å²) in [6.07, 6.45) is 8.98. The first-order chi connectivity index (χ1) is 7.62. The van der Waals surface area contributed by atoms with Gasteiger partial charge in [-0.15, -0.1) is 0 Å². The summed E-state index contributed by atoms with van der Waals surface area (Å²) >= 11 is 0. The average Bonchev–Trinajstić information content (AvgIpc) is 2.30. The van der Waals surface area contributed by atoms with Crippen LogP contribution >= 0.6 is 0 Å². The molecule has 2 N–H and O–H groups in total. The molecule has 0 bridgehead atoms. The molecule has 0 spiro atoms. The first kappa shape index (κ1) is 12.4. The van der Waals surface area contributed by atoms with Gasteiger partial charge in [0.15, 0.2) is 0 Å². The molecule has 1 aliphatic carbocycles. The van der Waals surface area contributed by atoms with Crippen molar-refractivity contribution >= 4 is 0 Å². The van der Waals surface area contributed by atoms with Crippen LogP contribution in [-0.4, -0.2) is 18.2 Å². The van der Waals surface area contributed by atoms with E-state index in [9.17, 15) is 0 Å². The number of hydrogen-bond donors (Lipinski definition) is 1. The van der Waals surface area contributed by atoms with Gasteiger partial charge in [-0.2, -0.15) is 0 Å². The summed E-state index contributed by atoms with van der Waals surface area (Å²) in [7, 11) is 0. The van der Waals surface area contributed by atoms with Crippen molar-refractivity contribution in [3.8, 4) is 0 Å². The van der Waals surface area contributed by atoms with Gasteiger partial charge in [0.2, 0.25) is 0 Å². The molecule has 0 aromatic carbocycles. The molecule has 0 aromatic heterocycles. The maximum Gasteiger partial charge on any atom is 0.0807 e. The molecular weight excluding hydrogens is 198 g/mol. The molecule has 1 aliphatic heterocycles. The van der Waals surface area contributed by atoms with Crippen LogP contribution in [0.5, 0.6) is 0 Å². The smallest absolute Gasteiger partial charge is 0.0807 e. The van der Waals surface area contributed by atoms with Gasteiger partial charge in [-0.1, -0.05) is 19.8 Å². The van der Waals surface area contributed by atoms with Gasteiger partial charge in [-0.3, -0.25) is 0 Å². The molecule has 2 aliphatic rings. The normalized spacial score (nSPS) is 42.9. The van der Waals surface area contributed by atoms with E-state index < -0.39 is 0 Å². The predicted octanol–water partition coefficient (Wildman–Crippen LogP) is 3.10. The first-order valence-electron chi connectivity index (χ1n) is 7.01. The van der Waals surface area contributed by atoms with Crippen LogP contribution in [-0.2, 0) is 4.74 Å². The van der Waals surface area contributed by atoms with E-state index in [1.807, 2.05) is 0 Å². The second kappa shape index (κ2) is 5.05. The summed E-state index contributed by atoms with van der Waals surface area (Å²) in [6, 6.07) is 0.250. The number of hydrogen-bond acceptors (Lipinski definition) is 2. The van der Waals surface area contributed by atoms with Crippen LogP contribution in [0.25, 0.3) is 0 Å². The Morgan fingerprint density at radius 2 is 1.88 bits per heavy atom. The average molecular weight is 225 g/mol. The molecule has 2 rings (SSSR count). The van der Waals surface area contributed by atoms with Crippen molar-refractivity contribution in [2.45, 2.75) is 70.4 Å². The van der Waals surface area contributed by atoms with Crippen LogP contribution in [0.4, 0.5) is 0 Å². The lowest BCUT2D eigenvalue weighted by molar-refractivity contribution is -0.0952. The van der Waals surface area contributed by atoms with Gasteiger partial charge in [-0.25, -0.2) is 0 Å². The van der Waals surface area contributed by atoms with E-state index in [1.165, 1.54) is 38.5 Å². The second-order valence-electron chi connectivity index (χ2n) is 6.16. The molecule has 94 valence electrons. The molecule has 2 nitrogen and oxygen atoms in total. The molecule has 1 saturated heterocycles. The van der Waals surface area contributed by atoms with E-state index in [4.69, 9.17) is 10.5 Å². The fraction of sp³-hybridized carbons (Fsp3) is 1.00. The third-order valence-electron chi connectivity index (χ3n) is 4.77. The highest BCUT2D eigenvalue weighted by Crippen LogP contribution is 2.37. The van der Waals surface area contributed by atoms with Crippen LogP contribution in [0.1, 0.15) is 58.8 Å². The van der Waals surface area contributed by atoms with Gasteiger partial charge in [0, 0.05) is 12.6 Å². The van der Waals surface area contributed by atoms with Crippen LogP contribution < -0.4 is 5.73 Å². The Labute approximate surface area is 99.9 Å². The van der Waals surface area contributed by atoms with Crippen molar-refractivity contribution in [2.75, 3.05) is 6.61 Å². The minimum atomic E-state index is -0.0382. The lowest BCUT2D eigenvalue weighted by Gasteiger charge is -2.44. The molecule has 16 heavy (non-hydrogen) atoms. The monoisotopic (exact) mass is 225 g/mol. The third-order valence-corrected chi connectivity index (χ3v) is 4.77. The molecule has 0 aromatic rings. The highest BCUT2D eigenvalue weighted by atomic mass is 16.5. The molecular formula is C14H27NO. The minimum Gasteiger partial charge on any atom is -0.374 e. The largest absolute Gasteiger partial charge is 0.374 e. The lowest BCUT2D eigenvalue weighted by Crippen LogP contribution is -2.54.